The predicted octanol–water partition coefficient (Wildman–Crippen LogP) is 13.2. The van der Waals surface area contributed by atoms with Crippen LogP contribution in [0.15, 0.2) is 0 Å². The molecule has 4 nitrogen and oxygen atoms in total. The topological polar surface area (TPSA) is 52.6 Å². The van der Waals surface area contributed by atoms with Gasteiger partial charge in [-0.3, -0.25) is 9.59 Å². The van der Waals surface area contributed by atoms with Gasteiger partial charge in [0.15, 0.2) is 0 Å². The van der Waals surface area contributed by atoms with Gasteiger partial charge >= 0.3 is 11.9 Å². The van der Waals surface area contributed by atoms with E-state index in [0.717, 1.165) is 44.9 Å². The van der Waals surface area contributed by atoms with Crippen molar-refractivity contribution in [1.29, 1.82) is 0 Å². The first kappa shape index (κ1) is 42.9. The van der Waals surface area contributed by atoms with E-state index in [2.05, 4.69) is 27.7 Å². The van der Waals surface area contributed by atoms with Crippen LogP contribution in [0.2, 0.25) is 0 Å². The molecule has 0 heterocycles. The van der Waals surface area contributed by atoms with E-state index in [9.17, 15) is 9.59 Å². The minimum absolute atomic E-state index is 0.0803. The van der Waals surface area contributed by atoms with E-state index in [1.165, 1.54) is 141 Å². The third kappa shape index (κ3) is 29.6. The smallest absolute Gasteiger partial charge is 0.306 e. The zero-order valence-electron chi connectivity index (χ0n) is 30.4. The van der Waals surface area contributed by atoms with Crippen molar-refractivity contribution in [2.24, 2.45) is 5.92 Å². The lowest BCUT2D eigenvalue weighted by Gasteiger charge is -2.26. The Morgan fingerprint density at radius 3 is 1.11 bits per heavy atom. The molecule has 0 bridgehead atoms. The molecule has 4 heteroatoms. The first-order valence-electron chi connectivity index (χ1n) is 19.9. The SMILES string of the molecule is CCCCCCCCCCCCCCCC(=O)OC[C@@H](CC)[C@@H](CCC)OC(=O)CCCCCCCCCCCCCCC. The van der Waals surface area contributed by atoms with Crippen LogP contribution >= 0.6 is 0 Å². The lowest BCUT2D eigenvalue weighted by molar-refractivity contribution is -0.156. The normalized spacial score (nSPS) is 12.7. The maximum absolute atomic E-state index is 12.6. The predicted molar refractivity (Wildman–Crippen MR) is 190 cm³/mol. The highest BCUT2D eigenvalue weighted by atomic mass is 16.6. The molecule has 44 heavy (non-hydrogen) atoms. The third-order valence-electron chi connectivity index (χ3n) is 9.33. The molecule has 0 aromatic rings. The third-order valence-corrected chi connectivity index (χ3v) is 9.33. The second-order valence-corrected chi connectivity index (χ2v) is 13.7. The number of ether oxygens (including phenoxy) is 2. The molecule has 0 saturated heterocycles. The zero-order chi connectivity index (χ0) is 32.4. The summed E-state index contributed by atoms with van der Waals surface area (Å²) < 4.78 is 11.6. The number of carbonyl (C=O) groups is 2. The van der Waals surface area contributed by atoms with Gasteiger partial charge in [0.2, 0.25) is 0 Å². The number of rotatable bonds is 35. The second kappa shape index (κ2) is 34.8. The minimum atomic E-state index is -0.149. The van der Waals surface area contributed by atoms with Crippen LogP contribution in [0.5, 0.6) is 0 Å². The van der Waals surface area contributed by atoms with Crippen LogP contribution in [0.25, 0.3) is 0 Å². The molecule has 0 aromatic carbocycles. The summed E-state index contributed by atoms with van der Waals surface area (Å²) in [6, 6.07) is 0. The summed E-state index contributed by atoms with van der Waals surface area (Å²) in [6.45, 7) is 9.14. The molecule has 0 amide bonds. The Labute approximate surface area is 276 Å². The van der Waals surface area contributed by atoms with Gasteiger partial charge in [0.25, 0.3) is 0 Å². The lowest BCUT2D eigenvalue weighted by atomic mass is 9.96. The average molecular weight is 623 g/mol. The van der Waals surface area contributed by atoms with Gasteiger partial charge in [0, 0.05) is 18.8 Å². The van der Waals surface area contributed by atoms with Crippen molar-refractivity contribution in [2.75, 3.05) is 6.61 Å². The van der Waals surface area contributed by atoms with Crippen molar-refractivity contribution in [1.82, 2.24) is 0 Å². The Bertz CT molecular complexity index is 604. The summed E-state index contributed by atoms with van der Waals surface area (Å²) in [5, 5.41) is 0. The summed E-state index contributed by atoms with van der Waals surface area (Å²) in [7, 11) is 0. The molecule has 0 aliphatic carbocycles. The van der Waals surface area contributed by atoms with Gasteiger partial charge in [0.1, 0.15) is 6.10 Å². The van der Waals surface area contributed by atoms with Crippen molar-refractivity contribution < 1.29 is 19.1 Å². The first-order chi connectivity index (χ1) is 21.6. The number of esters is 2. The molecular weight excluding hydrogens is 544 g/mol. The molecule has 0 saturated carbocycles. The largest absolute Gasteiger partial charge is 0.465 e. The Morgan fingerprint density at radius 2 is 0.773 bits per heavy atom. The quantitative estimate of drug-likeness (QED) is 0.0521. The fourth-order valence-corrected chi connectivity index (χ4v) is 6.24. The minimum Gasteiger partial charge on any atom is -0.465 e. The molecule has 2 atom stereocenters. The molecule has 262 valence electrons. The highest BCUT2D eigenvalue weighted by molar-refractivity contribution is 5.70. The van der Waals surface area contributed by atoms with Gasteiger partial charge in [-0.05, 0) is 25.7 Å². The molecule has 0 aliphatic heterocycles. The molecule has 0 rings (SSSR count). The van der Waals surface area contributed by atoms with E-state index < -0.39 is 0 Å². The lowest BCUT2D eigenvalue weighted by Crippen LogP contribution is -2.30. The van der Waals surface area contributed by atoms with Crippen molar-refractivity contribution in [2.45, 2.75) is 233 Å². The van der Waals surface area contributed by atoms with Crippen LogP contribution in [-0.2, 0) is 19.1 Å². The number of hydrogen-bond acceptors (Lipinski definition) is 4. The van der Waals surface area contributed by atoms with E-state index in [0.29, 0.717) is 19.4 Å². The van der Waals surface area contributed by atoms with Crippen LogP contribution < -0.4 is 0 Å². The standard InChI is InChI=1S/C40H78O4/c1-5-9-11-13-15-17-19-21-23-25-27-29-31-34-39(41)43-36-37(8-4)38(33-7-3)44-40(42)35-32-30-28-26-24-22-20-18-16-14-12-10-6-2/h37-38H,5-36H2,1-4H3/t37-,38-/m1/s1. The van der Waals surface area contributed by atoms with Crippen LogP contribution in [0, 0.1) is 5.92 Å². The van der Waals surface area contributed by atoms with Crippen LogP contribution in [0.1, 0.15) is 227 Å². The molecule has 0 aromatic heterocycles. The van der Waals surface area contributed by atoms with E-state index in [-0.39, 0.29) is 24.0 Å². The first-order valence-corrected chi connectivity index (χ1v) is 19.9. The summed E-state index contributed by atoms with van der Waals surface area (Å²) in [4.78, 5) is 25.0. The Balaban J connectivity index is 3.88. The summed E-state index contributed by atoms with van der Waals surface area (Å²) in [5.74, 6) is -0.0931. The van der Waals surface area contributed by atoms with Gasteiger partial charge in [-0.25, -0.2) is 0 Å². The van der Waals surface area contributed by atoms with Gasteiger partial charge < -0.3 is 9.47 Å². The fraction of sp³-hybridized carbons (Fsp3) is 0.950. The van der Waals surface area contributed by atoms with Crippen molar-refractivity contribution in [3.63, 3.8) is 0 Å². The average Bonchev–Trinajstić information content (AvgIpc) is 3.02. The highest BCUT2D eigenvalue weighted by Crippen LogP contribution is 2.21. The van der Waals surface area contributed by atoms with Gasteiger partial charge in [-0.15, -0.1) is 0 Å². The van der Waals surface area contributed by atoms with Crippen LogP contribution in [0.4, 0.5) is 0 Å². The Hall–Kier alpha value is -1.06. The maximum Gasteiger partial charge on any atom is 0.306 e. The zero-order valence-corrected chi connectivity index (χ0v) is 30.4. The molecule has 0 N–H and O–H groups in total. The second-order valence-electron chi connectivity index (χ2n) is 13.7. The number of hydrogen-bond donors (Lipinski definition) is 0. The number of carbonyl (C=O) groups excluding carboxylic acids is 2. The molecule has 0 fully saturated rings. The van der Waals surface area contributed by atoms with E-state index in [1.54, 1.807) is 0 Å². The molecule has 0 aliphatic rings. The summed E-state index contributed by atoms with van der Waals surface area (Å²) in [5.41, 5.74) is 0. The Kier molecular flexibility index (Phi) is 34.0. The molecular formula is C40H78O4. The highest BCUT2D eigenvalue weighted by Gasteiger charge is 2.24. The van der Waals surface area contributed by atoms with Crippen molar-refractivity contribution >= 4 is 11.9 Å². The Morgan fingerprint density at radius 1 is 0.432 bits per heavy atom. The monoisotopic (exact) mass is 623 g/mol. The van der Waals surface area contributed by atoms with Gasteiger partial charge in [-0.2, -0.15) is 0 Å². The molecule has 0 radical (unpaired) electrons. The number of unbranched alkanes of at least 4 members (excludes halogenated alkanes) is 24. The van der Waals surface area contributed by atoms with E-state index in [4.69, 9.17) is 9.47 Å². The van der Waals surface area contributed by atoms with E-state index >= 15 is 0 Å². The van der Waals surface area contributed by atoms with Crippen LogP contribution in [-0.4, -0.2) is 24.6 Å². The van der Waals surface area contributed by atoms with Crippen LogP contribution in [0.3, 0.4) is 0 Å². The maximum atomic E-state index is 12.6. The summed E-state index contributed by atoms with van der Waals surface area (Å²) >= 11 is 0. The van der Waals surface area contributed by atoms with E-state index in [1.807, 2.05) is 0 Å². The fourth-order valence-electron chi connectivity index (χ4n) is 6.24. The van der Waals surface area contributed by atoms with Gasteiger partial charge in [-0.1, -0.05) is 188 Å². The summed E-state index contributed by atoms with van der Waals surface area (Å²) in [6.07, 6.45) is 37.4. The van der Waals surface area contributed by atoms with Crippen molar-refractivity contribution in [3.05, 3.63) is 0 Å². The van der Waals surface area contributed by atoms with Gasteiger partial charge in [0.05, 0.1) is 6.61 Å². The molecule has 0 spiro atoms. The molecule has 0 unspecified atom stereocenters. The van der Waals surface area contributed by atoms with Crippen molar-refractivity contribution in [3.8, 4) is 0 Å².